The Labute approximate surface area is 195 Å². The van der Waals surface area contributed by atoms with E-state index >= 15 is 0 Å². The number of primary amides is 1. The number of hydrogen-bond donors (Lipinski definition) is 2. The van der Waals surface area contributed by atoms with E-state index in [1.807, 2.05) is 31.2 Å². The monoisotopic (exact) mass is 474 g/mol. The van der Waals surface area contributed by atoms with Gasteiger partial charge < -0.3 is 25.3 Å². The molecule has 7 nitrogen and oxygen atoms in total. The summed E-state index contributed by atoms with van der Waals surface area (Å²) in [5.41, 5.74) is 6.76. The molecule has 9 heteroatoms. The molecule has 0 bridgehead atoms. The van der Waals surface area contributed by atoms with E-state index < -0.39 is 11.8 Å². The number of carbonyl (C=O) groups excluding carboxylic acids is 2. The molecule has 0 aliphatic heterocycles. The van der Waals surface area contributed by atoms with E-state index in [2.05, 4.69) is 5.32 Å². The molecule has 0 atom stereocenters. The highest BCUT2D eigenvalue weighted by molar-refractivity contribution is 6.33. The number of hydrogen-bond acceptors (Lipinski definition) is 5. The second kappa shape index (κ2) is 10.3. The van der Waals surface area contributed by atoms with Crippen LogP contribution in [0.25, 0.3) is 0 Å². The summed E-state index contributed by atoms with van der Waals surface area (Å²) in [6.45, 7) is 1.59. The van der Waals surface area contributed by atoms with Gasteiger partial charge in [-0.25, -0.2) is 0 Å². The SMILES string of the molecule is COc1cc(C(=O)Nc2cc(Cl)ccc2Oc2ccc(C)cc2)cc(Cl)c1OCC(N)=O. The van der Waals surface area contributed by atoms with Gasteiger partial charge >= 0.3 is 0 Å². The summed E-state index contributed by atoms with van der Waals surface area (Å²) in [4.78, 5) is 23.9. The third kappa shape index (κ3) is 5.84. The Hall–Kier alpha value is -3.42. The molecule has 3 N–H and O–H groups in total. The van der Waals surface area contributed by atoms with Crippen molar-refractivity contribution in [2.75, 3.05) is 19.0 Å². The van der Waals surface area contributed by atoms with Crippen LogP contribution in [-0.2, 0) is 4.79 Å². The van der Waals surface area contributed by atoms with Crippen LogP contribution >= 0.6 is 23.2 Å². The summed E-state index contributed by atoms with van der Waals surface area (Å²) >= 11 is 12.4. The lowest BCUT2D eigenvalue weighted by molar-refractivity contribution is -0.119. The highest BCUT2D eigenvalue weighted by Crippen LogP contribution is 2.37. The molecule has 0 heterocycles. The van der Waals surface area contributed by atoms with Crippen molar-refractivity contribution in [3.05, 3.63) is 75.8 Å². The van der Waals surface area contributed by atoms with Gasteiger partial charge in [-0.05, 0) is 49.4 Å². The number of nitrogens with two attached hydrogens (primary N) is 1. The average molecular weight is 475 g/mol. The second-order valence-corrected chi connectivity index (χ2v) is 7.60. The predicted molar refractivity (Wildman–Crippen MR) is 123 cm³/mol. The summed E-state index contributed by atoms with van der Waals surface area (Å²) in [5, 5.41) is 3.27. The van der Waals surface area contributed by atoms with Crippen LogP contribution in [0.5, 0.6) is 23.0 Å². The number of anilines is 1. The maximum atomic E-state index is 12.9. The molecule has 0 saturated carbocycles. The van der Waals surface area contributed by atoms with E-state index in [1.54, 1.807) is 18.2 Å². The first-order valence-corrected chi connectivity index (χ1v) is 10.2. The van der Waals surface area contributed by atoms with Crippen LogP contribution in [0.1, 0.15) is 15.9 Å². The van der Waals surface area contributed by atoms with Crippen molar-refractivity contribution >= 4 is 40.7 Å². The second-order valence-electron chi connectivity index (χ2n) is 6.75. The van der Waals surface area contributed by atoms with Crippen LogP contribution in [0.3, 0.4) is 0 Å². The molecule has 32 heavy (non-hydrogen) atoms. The van der Waals surface area contributed by atoms with Crippen molar-refractivity contribution in [3.8, 4) is 23.0 Å². The van der Waals surface area contributed by atoms with Crippen molar-refractivity contribution in [3.63, 3.8) is 0 Å². The average Bonchev–Trinajstić information content (AvgIpc) is 2.75. The number of nitrogens with one attached hydrogen (secondary N) is 1. The Morgan fingerprint density at radius 2 is 1.72 bits per heavy atom. The Kier molecular flexibility index (Phi) is 7.45. The molecule has 0 aliphatic rings. The van der Waals surface area contributed by atoms with Gasteiger partial charge in [-0.3, -0.25) is 9.59 Å². The molecule has 3 aromatic rings. The smallest absolute Gasteiger partial charge is 0.255 e. The van der Waals surface area contributed by atoms with Crippen LogP contribution in [0.2, 0.25) is 10.0 Å². The molecule has 0 unspecified atom stereocenters. The molecule has 3 aromatic carbocycles. The molecule has 3 rings (SSSR count). The Bertz CT molecular complexity index is 1150. The maximum absolute atomic E-state index is 12.9. The van der Waals surface area contributed by atoms with E-state index in [9.17, 15) is 9.59 Å². The summed E-state index contributed by atoms with van der Waals surface area (Å²) in [6.07, 6.45) is 0. The normalized spacial score (nSPS) is 10.4. The van der Waals surface area contributed by atoms with Gasteiger partial charge in [-0.2, -0.15) is 0 Å². The number of amides is 2. The van der Waals surface area contributed by atoms with Crippen LogP contribution in [0.4, 0.5) is 5.69 Å². The minimum Gasteiger partial charge on any atom is -0.493 e. The highest BCUT2D eigenvalue weighted by atomic mass is 35.5. The fourth-order valence-corrected chi connectivity index (χ4v) is 3.19. The predicted octanol–water partition coefficient (Wildman–Crippen LogP) is 5.22. The summed E-state index contributed by atoms with van der Waals surface area (Å²) < 4.78 is 16.4. The lowest BCUT2D eigenvalue weighted by atomic mass is 10.1. The lowest BCUT2D eigenvalue weighted by Gasteiger charge is -2.15. The van der Waals surface area contributed by atoms with Gasteiger partial charge in [0.25, 0.3) is 11.8 Å². The van der Waals surface area contributed by atoms with Gasteiger partial charge in [-0.1, -0.05) is 40.9 Å². The van der Waals surface area contributed by atoms with E-state index in [4.69, 9.17) is 43.1 Å². The van der Waals surface area contributed by atoms with Gasteiger partial charge in [0.1, 0.15) is 5.75 Å². The Morgan fingerprint density at radius 1 is 1.00 bits per heavy atom. The first-order chi connectivity index (χ1) is 15.3. The van der Waals surface area contributed by atoms with Crippen LogP contribution < -0.4 is 25.3 Å². The van der Waals surface area contributed by atoms with E-state index in [-0.39, 0.29) is 28.7 Å². The zero-order valence-corrected chi connectivity index (χ0v) is 18.8. The molecule has 0 saturated heterocycles. The Morgan fingerprint density at radius 3 is 2.38 bits per heavy atom. The minimum absolute atomic E-state index is 0.0815. The third-order valence-corrected chi connectivity index (χ3v) is 4.80. The van der Waals surface area contributed by atoms with Gasteiger partial charge in [0.15, 0.2) is 23.9 Å². The van der Waals surface area contributed by atoms with Crippen LogP contribution in [0.15, 0.2) is 54.6 Å². The summed E-state index contributed by atoms with van der Waals surface area (Å²) in [6, 6.07) is 15.2. The highest BCUT2D eigenvalue weighted by Gasteiger charge is 2.18. The van der Waals surface area contributed by atoms with E-state index in [1.165, 1.54) is 19.2 Å². The van der Waals surface area contributed by atoms with Crippen molar-refractivity contribution in [1.82, 2.24) is 0 Å². The third-order valence-electron chi connectivity index (χ3n) is 4.29. The molecular formula is C23H20Cl2N2O5. The number of rotatable bonds is 8. The van der Waals surface area contributed by atoms with Crippen molar-refractivity contribution < 1.29 is 23.8 Å². The number of ether oxygens (including phenoxy) is 3. The minimum atomic E-state index is -0.674. The number of carbonyl (C=O) groups is 2. The first kappa shape index (κ1) is 23.2. The van der Waals surface area contributed by atoms with E-state index in [0.29, 0.717) is 22.2 Å². The zero-order valence-electron chi connectivity index (χ0n) is 17.3. The largest absolute Gasteiger partial charge is 0.493 e. The molecule has 0 fully saturated rings. The number of methoxy groups -OCH3 is 1. The summed E-state index contributed by atoms with van der Waals surface area (Å²) in [5.74, 6) is 0.136. The molecular weight excluding hydrogens is 455 g/mol. The van der Waals surface area contributed by atoms with Gasteiger partial charge in [0, 0.05) is 10.6 Å². The van der Waals surface area contributed by atoms with Gasteiger partial charge in [0.05, 0.1) is 17.8 Å². The molecule has 0 aromatic heterocycles. The first-order valence-electron chi connectivity index (χ1n) is 9.41. The van der Waals surface area contributed by atoms with Crippen LogP contribution in [0, 0.1) is 6.92 Å². The topological polar surface area (TPSA) is 99.9 Å². The zero-order chi connectivity index (χ0) is 23.3. The fraction of sp³-hybridized carbons (Fsp3) is 0.130. The van der Waals surface area contributed by atoms with Crippen molar-refractivity contribution in [2.24, 2.45) is 5.73 Å². The number of benzene rings is 3. The van der Waals surface area contributed by atoms with Gasteiger partial charge in [-0.15, -0.1) is 0 Å². The molecule has 0 aliphatic carbocycles. The fourth-order valence-electron chi connectivity index (χ4n) is 2.75. The molecule has 0 radical (unpaired) electrons. The van der Waals surface area contributed by atoms with Gasteiger partial charge in [0.2, 0.25) is 0 Å². The molecule has 0 spiro atoms. The number of halogens is 2. The maximum Gasteiger partial charge on any atom is 0.255 e. The quantitative estimate of drug-likeness (QED) is 0.466. The van der Waals surface area contributed by atoms with Crippen LogP contribution in [-0.4, -0.2) is 25.5 Å². The van der Waals surface area contributed by atoms with Crippen molar-refractivity contribution in [2.45, 2.75) is 6.92 Å². The summed E-state index contributed by atoms with van der Waals surface area (Å²) in [7, 11) is 1.38. The lowest BCUT2D eigenvalue weighted by Crippen LogP contribution is -2.20. The molecule has 2 amide bonds. The van der Waals surface area contributed by atoms with Crippen molar-refractivity contribution in [1.29, 1.82) is 0 Å². The Balaban J connectivity index is 1.86. The van der Waals surface area contributed by atoms with E-state index in [0.717, 1.165) is 5.56 Å². The number of aryl methyl sites for hydroxylation is 1. The molecule has 166 valence electrons. The standard InChI is InChI=1S/C23H20Cl2N2O5/c1-13-3-6-16(7-4-13)32-19-8-5-15(24)11-18(19)27-23(29)14-9-17(25)22(20(10-14)30-2)31-12-21(26)28/h3-11H,12H2,1-2H3,(H2,26,28)(H,27,29).